The molecule has 1 N–H and O–H groups in total. The molecule has 0 bridgehead atoms. The van der Waals surface area contributed by atoms with E-state index in [1.54, 1.807) is 31.0 Å². The van der Waals surface area contributed by atoms with Crippen molar-refractivity contribution in [1.29, 1.82) is 0 Å². The molecule has 1 aliphatic heterocycles. The van der Waals surface area contributed by atoms with Crippen LogP contribution in [0, 0.1) is 6.92 Å². The van der Waals surface area contributed by atoms with Crippen LogP contribution in [-0.2, 0) is 11.8 Å². The third-order valence-corrected chi connectivity index (χ3v) is 4.00. The van der Waals surface area contributed by atoms with E-state index >= 15 is 0 Å². The van der Waals surface area contributed by atoms with Crippen LogP contribution in [0.2, 0.25) is 0 Å². The standard InChI is InChI=1S/C15H18N4O4/c1-9-12(17-13(23-9)10-7-16-18(2)8-10)14(20)19-6-4-3-5-11(19)15(21)22/h7-8,11H,3-6H2,1-2H3,(H,21,22). The normalized spacial score (nSPS) is 18.2. The minimum Gasteiger partial charge on any atom is -0.480 e. The van der Waals surface area contributed by atoms with Gasteiger partial charge in [-0.05, 0) is 26.2 Å². The Morgan fingerprint density at radius 1 is 1.39 bits per heavy atom. The Morgan fingerprint density at radius 3 is 2.83 bits per heavy atom. The first-order chi connectivity index (χ1) is 11.0. The molecule has 1 saturated heterocycles. The maximum Gasteiger partial charge on any atom is 0.326 e. The van der Waals surface area contributed by atoms with Crippen molar-refractivity contribution in [1.82, 2.24) is 19.7 Å². The van der Waals surface area contributed by atoms with Crippen LogP contribution in [0.15, 0.2) is 16.8 Å². The summed E-state index contributed by atoms with van der Waals surface area (Å²) in [5, 5.41) is 13.4. The van der Waals surface area contributed by atoms with E-state index in [2.05, 4.69) is 10.1 Å². The minimum absolute atomic E-state index is 0.164. The number of aromatic nitrogens is 3. The number of amides is 1. The second-order valence-corrected chi connectivity index (χ2v) is 5.67. The van der Waals surface area contributed by atoms with Gasteiger partial charge in [-0.2, -0.15) is 5.10 Å². The number of aryl methyl sites for hydroxylation is 2. The molecular weight excluding hydrogens is 300 g/mol. The quantitative estimate of drug-likeness (QED) is 0.919. The number of hydrogen-bond donors (Lipinski definition) is 1. The van der Waals surface area contributed by atoms with E-state index in [1.165, 1.54) is 4.90 Å². The summed E-state index contributed by atoms with van der Waals surface area (Å²) in [6.07, 6.45) is 5.40. The second-order valence-electron chi connectivity index (χ2n) is 5.67. The Bertz CT molecular complexity index is 748. The molecule has 2 aromatic rings. The lowest BCUT2D eigenvalue weighted by Gasteiger charge is -2.32. The van der Waals surface area contributed by atoms with Crippen LogP contribution < -0.4 is 0 Å². The van der Waals surface area contributed by atoms with Gasteiger partial charge >= 0.3 is 5.97 Å². The highest BCUT2D eigenvalue weighted by Crippen LogP contribution is 2.25. The fourth-order valence-corrected chi connectivity index (χ4v) is 2.82. The van der Waals surface area contributed by atoms with E-state index in [1.807, 2.05) is 0 Å². The molecule has 8 nitrogen and oxygen atoms in total. The van der Waals surface area contributed by atoms with Gasteiger partial charge in [-0.25, -0.2) is 9.78 Å². The van der Waals surface area contributed by atoms with Crippen molar-refractivity contribution < 1.29 is 19.1 Å². The van der Waals surface area contributed by atoms with Crippen LogP contribution in [0.1, 0.15) is 35.5 Å². The maximum absolute atomic E-state index is 12.7. The zero-order valence-corrected chi connectivity index (χ0v) is 13.0. The maximum atomic E-state index is 12.7. The lowest BCUT2D eigenvalue weighted by atomic mass is 10.0. The van der Waals surface area contributed by atoms with Crippen molar-refractivity contribution in [3.05, 3.63) is 23.8 Å². The Kier molecular flexibility index (Phi) is 3.89. The molecule has 122 valence electrons. The van der Waals surface area contributed by atoms with Crippen molar-refractivity contribution in [3.8, 4) is 11.5 Å². The highest BCUT2D eigenvalue weighted by Gasteiger charge is 2.34. The number of carboxylic acid groups (broad SMARTS) is 1. The third-order valence-electron chi connectivity index (χ3n) is 4.00. The van der Waals surface area contributed by atoms with Crippen LogP contribution in [0.3, 0.4) is 0 Å². The average Bonchev–Trinajstić information content (AvgIpc) is 3.12. The molecule has 23 heavy (non-hydrogen) atoms. The highest BCUT2D eigenvalue weighted by atomic mass is 16.4. The van der Waals surface area contributed by atoms with Crippen molar-refractivity contribution in [3.63, 3.8) is 0 Å². The van der Waals surface area contributed by atoms with Gasteiger partial charge in [-0.1, -0.05) is 0 Å². The number of rotatable bonds is 3. The van der Waals surface area contributed by atoms with Crippen LogP contribution >= 0.6 is 0 Å². The molecule has 1 fully saturated rings. The molecule has 8 heteroatoms. The number of oxazole rings is 1. The predicted octanol–water partition coefficient (Wildman–Crippen LogP) is 1.46. The Balaban J connectivity index is 1.90. The average molecular weight is 318 g/mol. The number of likely N-dealkylation sites (tertiary alicyclic amines) is 1. The number of piperidine rings is 1. The van der Waals surface area contributed by atoms with Gasteiger partial charge < -0.3 is 14.4 Å². The van der Waals surface area contributed by atoms with Gasteiger partial charge in [0.15, 0.2) is 5.69 Å². The molecule has 1 amide bonds. The minimum atomic E-state index is -0.980. The summed E-state index contributed by atoms with van der Waals surface area (Å²) in [4.78, 5) is 29.7. The summed E-state index contributed by atoms with van der Waals surface area (Å²) in [6, 6.07) is -0.797. The van der Waals surface area contributed by atoms with Crippen molar-refractivity contribution >= 4 is 11.9 Å². The van der Waals surface area contributed by atoms with E-state index in [0.717, 1.165) is 12.8 Å². The number of hydrogen-bond acceptors (Lipinski definition) is 5. The molecule has 1 atom stereocenters. The van der Waals surface area contributed by atoms with Crippen LogP contribution in [0.4, 0.5) is 0 Å². The smallest absolute Gasteiger partial charge is 0.326 e. The van der Waals surface area contributed by atoms with Gasteiger partial charge in [-0.3, -0.25) is 9.48 Å². The van der Waals surface area contributed by atoms with Crippen LogP contribution in [0.25, 0.3) is 11.5 Å². The Morgan fingerprint density at radius 2 is 2.17 bits per heavy atom. The van der Waals surface area contributed by atoms with Gasteiger partial charge in [-0.15, -0.1) is 0 Å². The van der Waals surface area contributed by atoms with E-state index in [0.29, 0.717) is 30.2 Å². The molecule has 1 aliphatic rings. The summed E-state index contributed by atoms with van der Waals surface area (Å²) in [7, 11) is 1.77. The number of carbonyl (C=O) groups excluding carboxylic acids is 1. The van der Waals surface area contributed by atoms with E-state index in [-0.39, 0.29) is 5.69 Å². The summed E-state index contributed by atoms with van der Waals surface area (Å²) in [6.45, 7) is 2.07. The summed E-state index contributed by atoms with van der Waals surface area (Å²) < 4.78 is 7.17. The van der Waals surface area contributed by atoms with Gasteiger partial charge in [0, 0.05) is 19.8 Å². The molecule has 0 saturated carbocycles. The predicted molar refractivity (Wildman–Crippen MR) is 79.8 cm³/mol. The first kappa shape index (κ1) is 15.3. The van der Waals surface area contributed by atoms with Crippen molar-refractivity contribution in [2.24, 2.45) is 7.05 Å². The number of carboxylic acids is 1. The zero-order valence-electron chi connectivity index (χ0n) is 13.0. The first-order valence-electron chi connectivity index (χ1n) is 7.47. The number of nitrogens with zero attached hydrogens (tertiary/aromatic N) is 4. The number of carbonyl (C=O) groups is 2. The van der Waals surface area contributed by atoms with Gasteiger partial charge in [0.05, 0.1) is 11.8 Å². The molecule has 3 rings (SSSR count). The Hall–Kier alpha value is -2.64. The third kappa shape index (κ3) is 2.84. The monoisotopic (exact) mass is 318 g/mol. The van der Waals surface area contributed by atoms with E-state index in [4.69, 9.17) is 4.42 Å². The van der Waals surface area contributed by atoms with Crippen LogP contribution in [0.5, 0.6) is 0 Å². The fourth-order valence-electron chi connectivity index (χ4n) is 2.82. The molecule has 0 spiro atoms. The number of aliphatic carboxylic acids is 1. The molecule has 3 heterocycles. The summed E-state index contributed by atoms with van der Waals surface area (Å²) in [5.41, 5.74) is 0.833. The lowest BCUT2D eigenvalue weighted by Crippen LogP contribution is -2.48. The van der Waals surface area contributed by atoms with E-state index in [9.17, 15) is 14.7 Å². The summed E-state index contributed by atoms with van der Waals surface area (Å²) >= 11 is 0. The zero-order chi connectivity index (χ0) is 16.6. The molecule has 0 aromatic carbocycles. The first-order valence-corrected chi connectivity index (χ1v) is 7.47. The van der Waals surface area contributed by atoms with Crippen molar-refractivity contribution in [2.75, 3.05) is 6.54 Å². The molecule has 2 aromatic heterocycles. The molecule has 0 radical (unpaired) electrons. The van der Waals surface area contributed by atoms with Gasteiger partial charge in [0.25, 0.3) is 5.91 Å². The second kappa shape index (κ2) is 5.86. The molecular formula is C15H18N4O4. The van der Waals surface area contributed by atoms with Crippen molar-refractivity contribution in [2.45, 2.75) is 32.2 Å². The SMILES string of the molecule is Cc1oc(-c2cnn(C)c2)nc1C(=O)N1CCCCC1C(=O)O. The molecule has 1 unspecified atom stereocenters. The lowest BCUT2D eigenvalue weighted by molar-refractivity contribution is -0.143. The van der Waals surface area contributed by atoms with Gasteiger partial charge in [0.2, 0.25) is 5.89 Å². The Labute approximate surface area is 132 Å². The van der Waals surface area contributed by atoms with Gasteiger partial charge in [0.1, 0.15) is 11.8 Å². The molecule has 0 aliphatic carbocycles. The summed E-state index contributed by atoms with van der Waals surface area (Å²) in [5.74, 6) is -0.688. The fraction of sp³-hybridized carbons (Fsp3) is 0.467. The van der Waals surface area contributed by atoms with E-state index < -0.39 is 17.9 Å². The highest BCUT2D eigenvalue weighted by molar-refractivity contribution is 5.96. The largest absolute Gasteiger partial charge is 0.480 e. The topological polar surface area (TPSA) is 101 Å². The van der Waals surface area contributed by atoms with Crippen LogP contribution in [-0.4, -0.2) is 49.2 Å².